The number of halogens is 6. The molecule has 0 saturated carbocycles. The van der Waals surface area contributed by atoms with Gasteiger partial charge < -0.3 is 19.3 Å². The fraction of sp³-hybridized carbons (Fsp3) is 0.889. The van der Waals surface area contributed by atoms with Crippen molar-refractivity contribution in [2.24, 2.45) is 10.8 Å². The molecule has 20 heteroatoms. The highest BCUT2D eigenvalue weighted by atomic mass is 32.2. The first-order valence-corrected chi connectivity index (χ1v) is 13.1. The van der Waals surface area contributed by atoms with Gasteiger partial charge in [0.05, 0.1) is 10.8 Å². The van der Waals surface area contributed by atoms with E-state index in [2.05, 4.69) is 8.37 Å². The molecule has 0 amide bonds. The highest BCUT2D eigenvalue weighted by Crippen LogP contribution is 2.37. The Balaban J connectivity index is 3.69. The minimum Gasteiger partial charge on any atom is -0.462 e. The molecule has 1 aliphatic heterocycles. The molecular formula is C18H26F6O12S2. The molecular weight excluding hydrogens is 586 g/mol. The summed E-state index contributed by atoms with van der Waals surface area (Å²) in [4.78, 5) is 24.6. The summed E-state index contributed by atoms with van der Waals surface area (Å²) in [5.41, 5.74) is -15.1. The van der Waals surface area contributed by atoms with Crippen molar-refractivity contribution in [1.82, 2.24) is 0 Å². The first-order valence-electron chi connectivity index (χ1n) is 10.3. The van der Waals surface area contributed by atoms with Gasteiger partial charge in [-0.1, -0.05) is 0 Å². The third-order valence-electron chi connectivity index (χ3n) is 4.50. The lowest BCUT2D eigenvalue weighted by Gasteiger charge is -2.43. The van der Waals surface area contributed by atoms with Gasteiger partial charge in [0.25, 0.3) is 0 Å². The zero-order chi connectivity index (χ0) is 30.3. The van der Waals surface area contributed by atoms with Crippen LogP contribution in [-0.4, -0.2) is 82.2 Å². The van der Waals surface area contributed by atoms with Crippen molar-refractivity contribution in [1.29, 1.82) is 0 Å². The zero-order valence-electron chi connectivity index (χ0n) is 20.6. The Morgan fingerprint density at radius 2 is 1.13 bits per heavy atom. The van der Waals surface area contributed by atoms with Gasteiger partial charge >= 0.3 is 43.2 Å². The quantitative estimate of drug-likeness (QED) is 0.192. The summed E-state index contributed by atoms with van der Waals surface area (Å²) in [6.07, 6.45) is -13.7. The summed E-state index contributed by atoms with van der Waals surface area (Å²) in [6.45, 7) is 6.33. The van der Waals surface area contributed by atoms with E-state index in [1.807, 2.05) is 0 Å². The van der Waals surface area contributed by atoms with Crippen molar-refractivity contribution in [3.8, 4) is 0 Å². The Bertz CT molecular complexity index is 1090. The third kappa shape index (κ3) is 8.38. The predicted molar refractivity (Wildman–Crippen MR) is 110 cm³/mol. The summed E-state index contributed by atoms with van der Waals surface area (Å²) >= 11 is 0. The largest absolute Gasteiger partial charge is 0.523 e. The summed E-state index contributed by atoms with van der Waals surface area (Å²) in [5.74, 6) is -2.45. The molecule has 0 aromatic rings. The van der Waals surface area contributed by atoms with E-state index < -0.39 is 91.3 Å². The highest BCUT2D eigenvalue weighted by molar-refractivity contribution is 7.87. The second-order valence-electron chi connectivity index (χ2n) is 9.95. The van der Waals surface area contributed by atoms with Gasteiger partial charge in [0.1, 0.15) is 18.8 Å². The minimum atomic E-state index is -6.64. The van der Waals surface area contributed by atoms with Crippen LogP contribution in [0.4, 0.5) is 26.3 Å². The second kappa shape index (κ2) is 11.0. The first-order chi connectivity index (χ1) is 16.6. The average Bonchev–Trinajstić information content (AvgIpc) is 2.67. The molecule has 1 rings (SSSR count). The molecule has 224 valence electrons. The van der Waals surface area contributed by atoms with E-state index in [9.17, 15) is 57.9 Å². The van der Waals surface area contributed by atoms with Crippen LogP contribution in [0.3, 0.4) is 0 Å². The molecule has 12 nitrogen and oxygen atoms in total. The summed E-state index contributed by atoms with van der Waals surface area (Å²) in [5, 5.41) is 10.2. The predicted octanol–water partition coefficient (Wildman–Crippen LogP) is 1.72. The van der Waals surface area contributed by atoms with Crippen LogP contribution in [-0.2, 0) is 52.4 Å². The van der Waals surface area contributed by atoms with Gasteiger partial charge in [-0.05, 0) is 41.5 Å². The topological polar surface area (TPSA) is 169 Å². The summed E-state index contributed by atoms with van der Waals surface area (Å²) in [6, 6.07) is 0. The lowest BCUT2D eigenvalue weighted by atomic mass is 9.95. The Morgan fingerprint density at radius 1 is 0.737 bits per heavy atom. The molecule has 1 fully saturated rings. The average molecular weight is 613 g/mol. The van der Waals surface area contributed by atoms with Gasteiger partial charge in [0.15, 0.2) is 18.5 Å². The van der Waals surface area contributed by atoms with E-state index in [0.717, 1.165) is 0 Å². The van der Waals surface area contributed by atoms with Crippen molar-refractivity contribution in [2.75, 3.05) is 6.61 Å². The Kier molecular flexibility index (Phi) is 9.95. The van der Waals surface area contributed by atoms with Crippen LogP contribution in [0.2, 0.25) is 0 Å². The number of hydrogen-bond donors (Lipinski definition) is 1. The molecule has 1 heterocycles. The standard InChI is InChI=1S/C18H26F6O12S2/c1-15(2,3)13(26)32-7-8-9(35-37(28,29)17(19,20)21)10(34-14(27)16(4,5)6)11(12(25)33-8)36-38(30,31)18(22,23)24/h8-12,25H,7H2,1-6H3/t8-,9+,10+,11-,12-/m1/s1. The maximum absolute atomic E-state index is 13.1. The van der Waals surface area contributed by atoms with Crippen molar-refractivity contribution in [3.63, 3.8) is 0 Å². The lowest BCUT2D eigenvalue weighted by molar-refractivity contribution is -0.283. The number of ether oxygens (including phenoxy) is 3. The number of carbonyl (C=O) groups is 2. The van der Waals surface area contributed by atoms with Crippen molar-refractivity contribution < 1.29 is 80.5 Å². The highest BCUT2D eigenvalue weighted by Gasteiger charge is 2.59. The van der Waals surface area contributed by atoms with Crippen LogP contribution in [0, 0.1) is 10.8 Å². The normalized spacial score (nSPS) is 26.1. The molecule has 0 aromatic heterocycles. The fourth-order valence-corrected chi connectivity index (χ4v) is 3.70. The number of aliphatic hydroxyl groups excluding tert-OH is 1. The van der Waals surface area contributed by atoms with Crippen LogP contribution in [0.5, 0.6) is 0 Å². The van der Waals surface area contributed by atoms with Gasteiger partial charge in [-0.3, -0.25) is 18.0 Å². The van der Waals surface area contributed by atoms with Crippen LogP contribution in [0.25, 0.3) is 0 Å². The Morgan fingerprint density at radius 3 is 1.50 bits per heavy atom. The molecule has 0 radical (unpaired) electrons. The Labute approximate surface area is 213 Å². The number of carbonyl (C=O) groups excluding carboxylic acids is 2. The zero-order valence-corrected chi connectivity index (χ0v) is 22.2. The smallest absolute Gasteiger partial charge is 0.462 e. The van der Waals surface area contributed by atoms with Gasteiger partial charge in [-0.15, -0.1) is 0 Å². The minimum absolute atomic E-state index is 1.03. The van der Waals surface area contributed by atoms with Crippen molar-refractivity contribution in [2.45, 2.75) is 83.3 Å². The maximum atomic E-state index is 13.1. The SMILES string of the molecule is CC(C)(C)C(=O)OC[C@H]1O[C@@H](O)[C@H](OS(=O)(=O)C(F)(F)F)[C@@H](OC(=O)C(C)(C)C)[C@H]1OS(=O)(=O)C(F)(F)F. The molecule has 0 aliphatic carbocycles. The van der Waals surface area contributed by atoms with E-state index >= 15 is 0 Å². The molecule has 0 bridgehead atoms. The van der Waals surface area contributed by atoms with Crippen molar-refractivity contribution >= 4 is 32.2 Å². The summed E-state index contributed by atoms with van der Waals surface area (Å²) in [7, 11) is -13.3. The van der Waals surface area contributed by atoms with Crippen LogP contribution in [0.15, 0.2) is 0 Å². The van der Waals surface area contributed by atoms with Crippen LogP contribution < -0.4 is 0 Å². The monoisotopic (exact) mass is 612 g/mol. The number of hydrogen-bond acceptors (Lipinski definition) is 12. The first kappa shape index (κ1) is 34.3. The molecule has 1 N–H and O–H groups in total. The van der Waals surface area contributed by atoms with Crippen molar-refractivity contribution in [3.05, 3.63) is 0 Å². The molecule has 1 saturated heterocycles. The molecule has 0 unspecified atom stereocenters. The second-order valence-corrected chi connectivity index (χ2v) is 13.1. The summed E-state index contributed by atoms with van der Waals surface area (Å²) < 4.78 is 147. The molecule has 5 atom stereocenters. The van der Waals surface area contributed by atoms with E-state index in [4.69, 9.17) is 14.2 Å². The fourth-order valence-electron chi connectivity index (χ4n) is 2.46. The van der Waals surface area contributed by atoms with E-state index in [-0.39, 0.29) is 0 Å². The lowest BCUT2D eigenvalue weighted by Crippen LogP contribution is -2.63. The van der Waals surface area contributed by atoms with Gasteiger partial charge in [0.2, 0.25) is 0 Å². The van der Waals surface area contributed by atoms with E-state index in [1.165, 1.54) is 41.5 Å². The number of esters is 2. The van der Waals surface area contributed by atoms with Gasteiger partial charge in [-0.25, -0.2) is 0 Å². The Hall–Kier alpha value is -1.74. The van der Waals surface area contributed by atoms with E-state index in [0.29, 0.717) is 0 Å². The maximum Gasteiger partial charge on any atom is 0.523 e. The molecule has 38 heavy (non-hydrogen) atoms. The molecule has 1 aliphatic rings. The van der Waals surface area contributed by atoms with Gasteiger partial charge in [0, 0.05) is 0 Å². The number of alkyl halides is 6. The molecule has 0 aromatic carbocycles. The third-order valence-corrected chi connectivity index (χ3v) is 6.58. The van der Waals surface area contributed by atoms with Gasteiger partial charge in [-0.2, -0.15) is 43.2 Å². The van der Waals surface area contributed by atoms with E-state index in [1.54, 1.807) is 0 Å². The van der Waals surface area contributed by atoms with Crippen LogP contribution >= 0.6 is 0 Å². The number of rotatable bonds is 7. The number of aliphatic hydroxyl groups is 1. The van der Waals surface area contributed by atoms with Crippen LogP contribution in [0.1, 0.15) is 41.5 Å². The molecule has 0 spiro atoms.